The number of likely N-dealkylation sites (tertiary alicyclic amines) is 1. The minimum atomic E-state index is -0.808. The summed E-state index contributed by atoms with van der Waals surface area (Å²) < 4.78 is 12.5. The number of amides is 1. The first kappa shape index (κ1) is 20.2. The Hall–Kier alpha value is -2.57. The molecule has 2 unspecified atom stereocenters. The van der Waals surface area contributed by atoms with Gasteiger partial charge in [-0.2, -0.15) is 0 Å². The Morgan fingerprint density at radius 3 is 2.68 bits per heavy atom. The van der Waals surface area contributed by atoms with Gasteiger partial charge in [-0.05, 0) is 59.4 Å². The molecule has 0 aromatic carbocycles. The number of aromatic nitrogens is 2. The maximum absolute atomic E-state index is 12.8. The predicted octanol–water partition coefficient (Wildman–Crippen LogP) is 3.73. The minimum absolute atomic E-state index is 0.110. The van der Waals surface area contributed by atoms with Gasteiger partial charge in [0.05, 0.1) is 5.56 Å². The van der Waals surface area contributed by atoms with E-state index in [9.17, 15) is 9.59 Å². The number of carbonyl (C=O) groups excluding carboxylic acids is 2. The first-order valence-electron chi connectivity index (χ1n) is 9.97. The van der Waals surface area contributed by atoms with E-state index in [1.54, 1.807) is 13.0 Å². The molecule has 7 nitrogen and oxygen atoms in total. The van der Waals surface area contributed by atoms with Crippen LogP contribution in [-0.4, -0.2) is 45.2 Å². The van der Waals surface area contributed by atoms with Crippen LogP contribution in [0.1, 0.15) is 67.0 Å². The van der Waals surface area contributed by atoms with Gasteiger partial charge in [0.15, 0.2) is 11.9 Å². The molecule has 7 heteroatoms. The zero-order valence-electron chi connectivity index (χ0n) is 17.3. The molecule has 0 spiro atoms. The third-order valence-corrected chi connectivity index (χ3v) is 5.51. The summed E-state index contributed by atoms with van der Waals surface area (Å²) in [7, 11) is 0. The lowest BCUT2D eigenvalue weighted by Gasteiger charge is -2.36. The van der Waals surface area contributed by atoms with Crippen molar-refractivity contribution >= 4 is 11.9 Å². The molecule has 0 radical (unpaired) electrons. The van der Waals surface area contributed by atoms with Gasteiger partial charge in [-0.25, -0.2) is 4.79 Å². The number of ether oxygens (including phenoxy) is 1. The summed E-state index contributed by atoms with van der Waals surface area (Å²) in [5, 5.41) is 4.02. The van der Waals surface area contributed by atoms with E-state index in [2.05, 4.69) is 12.1 Å². The van der Waals surface area contributed by atoms with Crippen LogP contribution >= 0.6 is 0 Å². The summed E-state index contributed by atoms with van der Waals surface area (Å²) in [4.78, 5) is 27.5. The number of carbonyl (C=O) groups is 2. The van der Waals surface area contributed by atoms with Gasteiger partial charge in [0, 0.05) is 30.0 Å². The lowest BCUT2D eigenvalue weighted by molar-refractivity contribution is -0.143. The molecule has 28 heavy (non-hydrogen) atoms. The highest BCUT2D eigenvalue weighted by molar-refractivity contribution is 5.93. The van der Waals surface area contributed by atoms with Crippen molar-refractivity contribution in [1.29, 1.82) is 0 Å². The number of hydrogen-bond donors (Lipinski definition) is 0. The molecule has 1 fully saturated rings. The van der Waals surface area contributed by atoms with E-state index in [1.807, 2.05) is 36.3 Å². The van der Waals surface area contributed by atoms with Gasteiger partial charge >= 0.3 is 5.97 Å². The minimum Gasteiger partial charge on any atom is -0.449 e. The van der Waals surface area contributed by atoms with E-state index in [4.69, 9.17) is 9.26 Å². The number of rotatable bonds is 5. The van der Waals surface area contributed by atoms with E-state index < -0.39 is 12.1 Å². The molecule has 1 aliphatic heterocycles. The highest BCUT2D eigenvalue weighted by Gasteiger charge is 2.31. The summed E-state index contributed by atoms with van der Waals surface area (Å²) in [5.41, 5.74) is 1.99. The summed E-state index contributed by atoms with van der Waals surface area (Å²) in [6.45, 7) is 10.0. The van der Waals surface area contributed by atoms with Crippen LogP contribution in [0.15, 0.2) is 16.7 Å². The van der Waals surface area contributed by atoms with Crippen molar-refractivity contribution in [2.45, 2.75) is 72.4 Å². The molecule has 0 saturated carbocycles. The maximum atomic E-state index is 12.8. The molecule has 3 rings (SSSR count). The van der Waals surface area contributed by atoms with Crippen LogP contribution in [0, 0.1) is 20.8 Å². The lowest BCUT2D eigenvalue weighted by Crippen LogP contribution is -2.48. The van der Waals surface area contributed by atoms with Gasteiger partial charge < -0.3 is 14.2 Å². The largest absolute Gasteiger partial charge is 0.449 e. The molecule has 2 aromatic heterocycles. The molecule has 2 aromatic rings. The number of hydrogen-bond acceptors (Lipinski definition) is 5. The molecule has 2 atom stereocenters. The van der Waals surface area contributed by atoms with Crippen molar-refractivity contribution in [1.82, 2.24) is 14.6 Å². The van der Waals surface area contributed by atoms with Crippen LogP contribution in [-0.2, 0) is 9.53 Å². The molecular weight excluding hydrogens is 358 g/mol. The number of esters is 1. The topological polar surface area (TPSA) is 77.6 Å². The normalized spacial score (nSPS) is 18.2. The number of nitrogens with zero attached hydrogens (tertiary/aromatic N) is 3. The highest BCUT2D eigenvalue weighted by Crippen LogP contribution is 2.23. The Balaban J connectivity index is 1.75. The van der Waals surface area contributed by atoms with Crippen molar-refractivity contribution in [2.24, 2.45) is 0 Å². The van der Waals surface area contributed by atoms with Crippen molar-refractivity contribution in [3.63, 3.8) is 0 Å². The predicted molar refractivity (Wildman–Crippen MR) is 105 cm³/mol. The Kier molecular flexibility index (Phi) is 5.91. The Labute approximate surface area is 165 Å². The molecule has 3 heterocycles. The molecule has 0 N–H and O–H groups in total. The third kappa shape index (κ3) is 3.84. The van der Waals surface area contributed by atoms with Crippen LogP contribution in [0.5, 0.6) is 0 Å². The van der Waals surface area contributed by atoms with E-state index >= 15 is 0 Å². The third-order valence-electron chi connectivity index (χ3n) is 5.51. The monoisotopic (exact) mass is 387 g/mol. The lowest BCUT2D eigenvalue weighted by atomic mass is 9.99. The Morgan fingerprint density at radius 1 is 1.29 bits per heavy atom. The van der Waals surface area contributed by atoms with Crippen LogP contribution in [0.3, 0.4) is 0 Å². The van der Waals surface area contributed by atoms with E-state index in [-0.39, 0.29) is 11.9 Å². The van der Waals surface area contributed by atoms with Gasteiger partial charge in [-0.1, -0.05) is 12.1 Å². The van der Waals surface area contributed by atoms with Crippen molar-refractivity contribution in [2.75, 3.05) is 6.54 Å². The molecule has 0 aliphatic carbocycles. The summed E-state index contributed by atoms with van der Waals surface area (Å²) in [6, 6.07) is 3.81. The smallest absolute Gasteiger partial charge is 0.340 e. The Morgan fingerprint density at radius 2 is 2.04 bits per heavy atom. The quantitative estimate of drug-likeness (QED) is 0.731. The van der Waals surface area contributed by atoms with E-state index in [0.29, 0.717) is 22.8 Å². The van der Waals surface area contributed by atoms with Gasteiger partial charge in [0.2, 0.25) is 0 Å². The van der Waals surface area contributed by atoms with Crippen molar-refractivity contribution < 1.29 is 18.8 Å². The molecule has 1 aliphatic rings. The molecular formula is C21H29N3O4. The highest BCUT2D eigenvalue weighted by atomic mass is 16.5. The van der Waals surface area contributed by atoms with Gasteiger partial charge in [0.25, 0.3) is 5.91 Å². The fourth-order valence-corrected chi connectivity index (χ4v) is 4.00. The van der Waals surface area contributed by atoms with E-state index in [0.717, 1.165) is 37.9 Å². The fourth-order valence-electron chi connectivity index (χ4n) is 4.00. The van der Waals surface area contributed by atoms with Crippen LogP contribution in [0.4, 0.5) is 0 Å². The first-order valence-corrected chi connectivity index (χ1v) is 9.97. The fraction of sp³-hybridized carbons (Fsp3) is 0.571. The van der Waals surface area contributed by atoms with Gasteiger partial charge in [-0.3, -0.25) is 9.36 Å². The summed E-state index contributed by atoms with van der Waals surface area (Å²) >= 11 is 0. The molecule has 1 amide bonds. The van der Waals surface area contributed by atoms with Crippen LogP contribution in [0.25, 0.3) is 5.82 Å². The van der Waals surface area contributed by atoms with Crippen molar-refractivity contribution in [3.05, 3.63) is 34.8 Å². The molecule has 1 saturated heterocycles. The first-order chi connectivity index (χ1) is 13.3. The van der Waals surface area contributed by atoms with Gasteiger partial charge in [-0.15, -0.1) is 0 Å². The maximum Gasteiger partial charge on any atom is 0.340 e. The van der Waals surface area contributed by atoms with Crippen molar-refractivity contribution in [3.8, 4) is 5.82 Å². The number of aryl methyl sites for hydroxylation is 2. The summed E-state index contributed by atoms with van der Waals surface area (Å²) in [5.74, 6) is 0.707. The second-order valence-electron chi connectivity index (χ2n) is 7.55. The van der Waals surface area contributed by atoms with Gasteiger partial charge in [0.1, 0.15) is 5.76 Å². The molecule has 0 bridgehead atoms. The van der Waals surface area contributed by atoms with Crippen LogP contribution in [0.2, 0.25) is 0 Å². The zero-order valence-corrected chi connectivity index (χ0v) is 17.3. The SMILES string of the molecule is CCC1CCCCN1C(=O)C(C)OC(=O)c1cc(C)n(-c2cc(C)on2)c1C. The number of piperidine rings is 1. The second-order valence-corrected chi connectivity index (χ2v) is 7.55. The van der Waals surface area contributed by atoms with E-state index in [1.165, 1.54) is 0 Å². The average Bonchev–Trinajstić information content (AvgIpc) is 3.23. The molecule has 152 valence electrons. The Bertz CT molecular complexity index is 867. The standard InChI is InChI=1S/C21H29N3O4/c1-6-17-9-7-8-10-23(17)20(25)16(5)27-21(26)18-11-13(2)24(15(18)4)19-12-14(3)28-22-19/h11-12,16-17H,6-10H2,1-5H3. The summed E-state index contributed by atoms with van der Waals surface area (Å²) in [6.07, 6.45) is 3.27. The zero-order chi connectivity index (χ0) is 20.4. The van der Waals surface area contributed by atoms with Crippen LogP contribution < -0.4 is 0 Å². The second kappa shape index (κ2) is 8.20. The average molecular weight is 387 g/mol.